The van der Waals surface area contributed by atoms with Crippen molar-refractivity contribution in [3.63, 3.8) is 0 Å². The van der Waals surface area contributed by atoms with E-state index >= 15 is 0 Å². The summed E-state index contributed by atoms with van der Waals surface area (Å²) in [5, 5.41) is 0. The Labute approximate surface area is 129 Å². The van der Waals surface area contributed by atoms with Crippen LogP contribution in [0.25, 0.3) is 0 Å². The normalized spacial score (nSPS) is 20.6. The maximum Gasteiger partial charge on any atom is 0.410 e. The van der Waals surface area contributed by atoms with Crippen LogP contribution < -0.4 is 4.74 Å². The minimum atomic E-state index is -0.274. The molecule has 22 heavy (non-hydrogen) atoms. The molecule has 0 aliphatic carbocycles. The Kier molecular flexibility index (Phi) is 4.18. The minimum Gasteiger partial charge on any atom is -0.493 e. The van der Waals surface area contributed by atoms with Gasteiger partial charge in [0.1, 0.15) is 12.4 Å². The first-order valence-corrected chi connectivity index (χ1v) is 7.65. The van der Waals surface area contributed by atoms with Crippen molar-refractivity contribution in [3.05, 3.63) is 29.8 Å². The van der Waals surface area contributed by atoms with Crippen molar-refractivity contribution in [1.82, 2.24) is 9.80 Å². The largest absolute Gasteiger partial charge is 0.493 e. The molecule has 0 bridgehead atoms. The molecule has 2 amide bonds. The fourth-order valence-electron chi connectivity index (χ4n) is 2.82. The van der Waals surface area contributed by atoms with Crippen molar-refractivity contribution in [3.8, 4) is 5.75 Å². The van der Waals surface area contributed by atoms with Crippen LogP contribution in [0.1, 0.15) is 23.7 Å². The summed E-state index contributed by atoms with van der Waals surface area (Å²) < 4.78 is 10.7. The lowest BCUT2D eigenvalue weighted by Gasteiger charge is -2.35. The van der Waals surface area contributed by atoms with Crippen LogP contribution in [0.3, 0.4) is 0 Å². The second-order valence-corrected chi connectivity index (χ2v) is 5.52. The molecule has 0 radical (unpaired) electrons. The van der Waals surface area contributed by atoms with Crippen molar-refractivity contribution in [1.29, 1.82) is 0 Å². The molecule has 1 aromatic carbocycles. The van der Waals surface area contributed by atoms with Gasteiger partial charge in [0.2, 0.25) is 0 Å². The van der Waals surface area contributed by atoms with Gasteiger partial charge in [-0.05, 0) is 18.6 Å². The number of ether oxygens (including phenoxy) is 2. The molecule has 1 atom stereocenters. The van der Waals surface area contributed by atoms with E-state index in [1.165, 1.54) is 0 Å². The lowest BCUT2D eigenvalue weighted by Crippen LogP contribution is -2.53. The van der Waals surface area contributed by atoms with E-state index in [4.69, 9.17) is 9.47 Å². The zero-order valence-electron chi connectivity index (χ0n) is 12.7. The van der Waals surface area contributed by atoms with Crippen molar-refractivity contribution < 1.29 is 19.1 Å². The molecule has 0 unspecified atom stereocenters. The van der Waals surface area contributed by atoms with Crippen molar-refractivity contribution in [2.45, 2.75) is 19.4 Å². The van der Waals surface area contributed by atoms with Crippen LogP contribution in [-0.2, 0) is 4.74 Å². The first-order chi connectivity index (χ1) is 10.7. The number of para-hydroxylation sites is 1. The maximum absolute atomic E-state index is 12.8. The van der Waals surface area contributed by atoms with E-state index in [0.29, 0.717) is 44.2 Å². The smallest absolute Gasteiger partial charge is 0.410 e. The molecule has 2 aliphatic heterocycles. The highest BCUT2D eigenvalue weighted by atomic mass is 16.6. The summed E-state index contributed by atoms with van der Waals surface area (Å²) in [5.41, 5.74) is 0.578. The monoisotopic (exact) mass is 304 g/mol. The molecule has 2 heterocycles. The van der Waals surface area contributed by atoms with Gasteiger partial charge in [0.05, 0.1) is 18.2 Å². The molecule has 2 aliphatic rings. The third kappa shape index (κ3) is 2.73. The second-order valence-electron chi connectivity index (χ2n) is 5.52. The van der Waals surface area contributed by atoms with E-state index < -0.39 is 0 Å². The van der Waals surface area contributed by atoms with E-state index in [1.54, 1.807) is 15.9 Å². The number of carbonyl (C=O) groups excluding carboxylic acids is 2. The summed E-state index contributed by atoms with van der Waals surface area (Å²) in [4.78, 5) is 27.7. The average Bonchev–Trinajstić information content (AvgIpc) is 2.93. The molecule has 118 valence electrons. The van der Waals surface area contributed by atoms with Crippen LogP contribution in [0.4, 0.5) is 4.79 Å². The zero-order valence-corrected chi connectivity index (χ0v) is 12.7. The minimum absolute atomic E-state index is 0.0334. The number of amides is 2. The van der Waals surface area contributed by atoms with Crippen LogP contribution in [0.5, 0.6) is 5.75 Å². The third-order valence-electron chi connectivity index (χ3n) is 3.98. The van der Waals surface area contributed by atoms with E-state index in [9.17, 15) is 9.59 Å². The summed E-state index contributed by atoms with van der Waals surface area (Å²) in [5.74, 6) is 0.571. The van der Waals surface area contributed by atoms with Crippen molar-refractivity contribution >= 4 is 12.0 Å². The van der Waals surface area contributed by atoms with Gasteiger partial charge in [-0.1, -0.05) is 19.1 Å². The molecule has 0 spiro atoms. The molecule has 6 nitrogen and oxygen atoms in total. The molecule has 6 heteroatoms. The number of piperazine rings is 1. The van der Waals surface area contributed by atoms with Gasteiger partial charge in [-0.3, -0.25) is 9.69 Å². The Morgan fingerprint density at radius 1 is 1.36 bits per heavy atom. The van der Waals surface area contributed by atoms with Gasteiger partial charge in [-0.25, -0.2) is 4.79 Å². The summed E-state index contributed by atoms with van der Waals surface area (Å²) in [6.07, 6.45) is 0.617. The van der Waals surface area contributed by atoms with E-state index in [1.807, 2.05) is 25.1 Å². The molecule has 0 N–H and O–H groups in total. The number of fused-ring (bicyclic) bond motifs is 1. The second kappa shape index (κ2) is 6.25. The fourth-order valence-corrected chi connectivity index (χ4v) is 2.82. The van der Waals surface area contributed by atoms with E-state index in [-0.39, 0.29) is 18.0 Å². The first-order valence-electron chi connectivity index (χ1n) is 7.65. The lowest BCUT2D eigenvalue weighted by atomic mass is 10.1. The first kappa shape index (κ1) is 14.7. The Morgan fingerprint density at radius 2 is 2.18 bits per heavy atom. The Balaban J connectivity index is 1.73. The number of cyclic esters (lactones) is 1. The maximum atomic E-state index is 12.8. The van der Waals surface area contributed by atoms with Gasteiger partial charge in [0, 0.05) is 19.6 Å². The summed E-state index contributed by atoms with van der Waals surface area (Å²) in [7, 11) is 0. The standard InChI is InChI=1S/C16H20N2O4/c1-2-9-21-14-6-4-3-5-13(14)15(19)17-7-8-18-12(10-17)11-22-16(18)20/h3-6,12H,2,7-11H2,1H3/t12-/m0/s1. The molecule has 0 saturated carbocycles. The number of rotatable bonds is 4. The SMILES string of the molecule is CCCOc1ccccc1C(=O)N1CCN2C(=O)OC[C@@H]2C1. The third-order valence-corrected chi connectivity index (χ3v) is 3.98. The Bertz CT molecular complexity index is 575. The van der Waals surface area contributed by atoms with Crippen LogP contribution in [0.15, 0.2) is 24.3 Å². The number of nitrogens with zero attached hydrogens (tertiary/aromatic N) is 2. The van der Waals surface area contributed by atoms with Crippen molar-refractivity contribution in [2.24, 2.45) is 0 Å². The number of hydrogen-bond donors (Lipinski definition) is 0. The predicted molar refractivity (Wildman–Crippen MR) is 80.0 cm³/mol. The van der Waals surface area contributed by atoms with Gasteiger partial charge in [0.25, 0.3) is 5.91 Å². The predicted octanol–water partition coefficient (Wildman–Crippen LogP) is 1.75. The molecule has 3 rings (SSSR count). The molecular formula is C16H20N2O4. The highest BCUT2D eigenvalue weighted by Crippen LogP contribution is 2.23. The summed E-state index contributed by atoms with van der Waals surface area (Å²) in [6.45, 7) is 4.52. The van der Waals surface area contributed by atoms with Crippen LogP contribution in [0.2, 0.25) is 0 Å². The summed E-state index contributed by atoms with van der Waals surface area (Å²) in [6, 6.07) is 7.28. The lowest BCUT2D eigenvalue weighted by molar-refractivity contribution is 0.0613. The highest BCUT2D eigenvalue weighted by molar-refractivity contribution is 5.97. The van der Waals surface area contributed by atoms with E-state index in [0.717, 1.165) is 6.42 Å². The molecule has 0 aromatic heterocycles. The molecule has 2 fully saturated rings. The molecule has 2 saturated heterocycles. The fraction of sp³-hybridized carbons (Fsp3) is 0.500. The summed E-state index contributed by atoms with van der Waals surface area (Å²) >= 11 is 0. The van der Waals surface area contributed by atoms with E-state index in [2.05, 4.69) is 0 Å². The van der Waals surface area contributed by atoms with Crippen LogP contribution in [-0.4, -0.2) is 60.7 Å². The molecule has 1 aromatic rings. The Morgan fingerprint density at radius 3 is 3.00 bits per heavy atom. The molecular weight excluding hydrogens is 284 g/mol. The van der Waals surface area contributed by atoms with Gasteiger partial charge < -0.3 is 14.4 Å². The van der Waals surface area contributed by atoms with Crippen LogP contribution in [0, 0.1) is 0 Å². The van der Waals surface area contributed by atoms with Gasteiger partial charge in [0.15, 0.2) is 0 Å². The highest BCUT2D eigenvalue weighted by Gasteiger charge is 2.39. The number of carbonyl (C=O) groups is 2. The van der Waals surface area contributed by atoms with Gasteiger partial charge in [-0.2, -0.15) is 0 Å². The number of benzene rings is 1. The number of hydrogen-bond acceptors (Lipinski definition) is 4. The topological polar surface area (TPSA) is 59.1 Å². The van der Waals surface area contributed by atoms with Crippen molar-refractivity contribution in [2.75, 3.05) is 32.8 Å². The van der Waals surface area contributed by atoms with Gasteiger partial charge >= 0.3 is 6.09 Å². The Hall–Kier alpha value is -2.24. The average molecular weight is 304 g/mol. The van der Waals surface area contributed by atoms with Gasteiger partial charge in [-0.15, -0.1) is 0 Å². The quantitative estimate of drug-likeness (QED) is 0.850. The zero-order chi connectivity index (χ0) is 15.5. The van der Waals surface area contributed by atoms with Crippen LogP contribution >= 0.6 is 0 Å².